The monoisotopic (exact) mass is 809 g/mol. The summed E-state index contributed by atoms with van der Waals surface area (Å²) in [7, 11) is 4.44. The van der Waals surface area contributed by atoms with E-state index in [1.165, 1.54) is 42.8 Å². The van der Waals surface area contributed by atoms with Crippen molar-refractivity contribution in [3.8, 4) is 12.3 Å². The van der Waals surface area contributed by atoms with Crippen LogP contribution in [0.2, 0.25) is 0 Å². The highest BCUT2D eigenvalue weighted by Gasteiger charge is 2.42. The lowest BCUT2D eigenvalue weighted by molar-refractivity contribution is -0.164. The number of carbonyl (C=O) groups excluding carboxylic acids is 7. The normalized spacial score (nSPS) is 26.9. The molecule has 0 aromatic heterocycles. The first-order valence-electron chi connectivity index (χ1n) is 20.5. The van der Waals surface area contributed by atoms with Crippen LogP contribution >= 0.6 is 0 Å². The van der Waals surface area contributed by atoms with Crippen LogP contribution in [0.15, 0.2) is 30.3 Å². The standard InChI is InChI=1S/C44H68N6O8/c1-15-16-18-23-32-29(10)44(57)58-30(11)41(54)49(13)36(27(6)7)40(53)47-35(26(4)5)42(55)50(14)37(28(8)9)43(56)48(12)33(24-31-21-19-17-20-22-31)38(51)46-34(25(2)3)39(52)45-32/h1,17,19-22,25-30,32-37H,16,18,23-24H2,2-14H3,(H,45,52)(H,46,51)(H,47,53)/t29-,30-,32?,33+,34?,35-,36-,37?/m0/s1. The van der Waals surface area contributed by atoms with Crippen molar-refractivity contribution < 1.29 is 38.3 Å². The minimum Gasteiger partial charge on any atom is -0.452 e. The first-order valence-corrected chi connectivity index (χ1v) is 20.5. The third-order valence-corrected chi connectivity index (χ3v) is 11.0. The molecule has 1 aliphatic rings. The van der Waals surface area contributed by atoms with Crippen molar-refractivity contribution >= 4 is 41.4 Å². The Labute approximate surface area is 345 Å². The molecule has 3 N–H and O–H groups in total. The van der Waals surface area contributed by atoms with Crippen molar-refractivity contribution in [2.45, 2.75) is 137 Å². The molecule has 0 bridgehead atoms. The van der Waals surface area contributed by atoms with Crippen LogP contribution in [0.5, 0.6) is 0 Å². The minimum atomic E-state index is -1.30. The van der Waals surface area contributed by atoms with Gasteiger partial charge < -0.3 is 35.4 Å². The highest BCUT2D eigenvalue weighted by atomic mass is 16.5. The summed E-state index contributed by atoms with van der Waals surface area (Å²) in [5, 5.41) is 8.69. The first kappa shape index (κ1) is 49.2. The van der Waals surface area contributed by atoms with E-state index in [-0.39, 0.29) is 6.42 Å². The maximum atomic E-state index is 14.6. The second-order valence-corrected chi connectivity index (χ2v) is 17.0. The van der Waals surface area contributed by atoms with Gasteiger partial charge in [-0.15, -0.1) is 12.3 Å². The number of terminal acetylenes is 1. The number of esters is 1. The molecule has 58 heavy (non-hydrogen) atoms. The molecule has 6 amide bonds. The smallest absolute Gasteiger partial charge is 0.311 e. The summed E-state index contributed by atoms with van der Waals surface area (Å²) in [4.78, 5) is 103. The van der Waals surface area contributed by atoms with E-state index in [0.29, 0.717) is 19.3 Å². The number of carbonyl (C=O) groups is 7. The van der Waals surface area contributed by atoms with E-state index in [1.54, 1.807) is 62.3 Å². The van der Waals surface area contributed by atoms with Crippen molar-refractivity contribution in [1.29, 1.82) is 0 Å². The summed E-state index contributed by atoms with van der Waals surface area (Å²) in [6.45, 7) is 17.2. The molecule has 0 spiro atoms. The average molecular weight is 809 g/mol. The summed E-state index contributed by atoms with van der Waals surface area (Å²) < 4.78 is 5.68. The second kappa shape index (κ2) is 22.3. The number of nitrogens with one attached hydrogen (secondary N) is 3. The number of ether oxygens (including phenoxy) is 1. The van der Waals surface area contributed by atoms with Crippen LogP contribution in [0.3, 0.4) is 0 Å². The summed E-state index contributed by atoms with van der Waals surface area (Å²) in [6, 6.07) is 3.01. The van der Waals surface area contributed by atoms with Crippen LogP contribution in [0.1, 0.15) is 94.1 Å². The largest absolute Gasteiger partial charge is 0.452 e. The molecule has 322 valence electrons. The SMILES string of the molecule is C#CCCCC1NC(=O)C(C(C)C)NC(=O)[C@@H](Cc2ccccc2)N(C)C(=O)C(C(C)C)N(C)C(=O)[C@H](C(C)C)NC(=O)[C@H](C(C)C)N(C)C(=O)[C@H](C)OC(=O)[C@H]1C. The zero-order valence-electron chi connectivity index (χ0n) is 36.8. The van der Waals surface area contributed by atoms with Gasteiger partial charge in [-0.1, -0.05) is 85.7 Å². The molecule has 14 heteroatoms. The molecule has 2 rings (SSSR count). The molecule has 0 radical (unpaired) electrons. The number of rotatable bonds is 9. The number of amides is 6. The Bertz CT molecular complexity index is 1640. The van der Waals surface area contributed by atoms with Gasteiger partial charge in [-0.25, -0.2) is 0 Å². The molecule has 1 heterocycles. The van der Waals surface area contributed by atoms with Crippen LogP contribution < -0.4 is 16.0 Å². The number of likely N-dealkylation sites (N-methyl/N-ethyl adjacent to an activating group) is 3. The fourth-order valence-electron chi connectivity index (χ4n) is 7.39. The van der Waals surface area contributed by atoms with Crippen LogP contribution in [0.25, 0.3) is 0 Å². The summed E-state index contributed by atoms with van der Waals surface area (Å²) in [6.07, 6.45) is 5.47. The Kier molecular flexibility index (Phi) is 18.9. The van der Waals surface area contributed by atoms with Crippen LogP contribution in [-0.4, -0.2) is 120 Å². The zero-order valence-corrected chi connectivity index (χ0v) is 36.8. The number of benzene rings is 1. The summed E-state index contributed by atoms with van der Waals surface area (Å²) in [5.41, 5.74) is 0.765. The number of hydrogen-bond acceptors (Lipinski definition) is 8. The number of cyclic esters (lactones) is 1. The van der Waals surface area contributed by atoms with Crippen LogP contribution in [0.4, 0.5) is 0 Å². The van der Waals surface area contributed by atoms with Crippen molar-refractivity contribution in [1.82, 2.24) is 30.7 Å². The molecular weight excluding hydrogens is 741 g/mol. The fraction of sp³-hybridized carbons (Fsp3) is 0.659. The Balaban J connectivity index is 2.81. The van der Waals surface area contributed by atoms with Crippen molar-refractivity contribution in [2.75, 3.05) is 21.1 Å². The molecule has 1 aromatic carbocycles. The molecule has 0 saturated carbocycles. The van der Waals surface area contributed by atoms with E-state index in [2.05, 4.69) is 21.9 Å². The molecule has 8 atom stereocenters. The van der Waals surface area contributed by atoms with Gasteiger partial charge in [0.1, 0.15) is 30.2 Å². The van der Waals surface area contributed by atoms with E-state index in [0.717, 1.165) is 5.56 Å². The Morgan fingerprint density at radius 2 is 1.19 bits per heavy atom. The lowest BCUT2D eigenvalue weighted by atomic mass is 9.94. The average Bonchev–Trinajstić information content (AvgIpc) is 3.15. The zero-order chi connectivity index (χ0) is 44.2. The fourth-order valence-corrected chi connectivity index (χ4v) is 7.39. The number of nitrogens with zero attached hydrogens (tertiary/aromatic N) is 3. The third kappa shape index (κ3) is 12.8. The number of unbranched alkanes of at least 4 members (excludes halogenated alkanes) is 1. The maximum absolute atomic E-state index is 14.6. The molecule has 1 saturated heterocycles. The van der Waals surface area contributed by atoms with Gasteiger partial charge in [0.2, 0.25) is 29.5 Å². The Hall–Kier alpha value is -4.93. The van der Waals surface area contributed by atoms with Gasteiger partial charge in [0, 0.05) is 40.0 Å². The molecule has 1 fully saturated rings. The van der Waals surface area contributed by atoms with Gasteiger partial charge >= 0.3 is 5.97 Å². The molecular formula is C44H68N6O8. The van der Waals surface area contributed by atoms with E-state index in [4.69, 9.17) is 11.2 Å². The van der Waals surface area contributed by atoms with Crippen molar-refractivity contribution in [3.63, 3.8) is 0 Å². The van der Waals surface area contributed by atoms with E-state index >= 15 is 0 Å². The highest BCUT2D eigenvalue weighted by molar-refractivity contribution is 5.97. The third-order valence-electron chi connectivity index (χ3n) is 11.0. The lowest BCUT2D eigenvalue weighted by Crippen LogP contribution is -2.62. The Morgan fingerprint density at radius 1 is 0.655 bits per heavy atom. The lowest BCUT2D eigenvalue weighted by Gasteiger charge is -2.39. The quantitative estimate of drug-likeness (QED) is 0.194. The first-order chi connectivity index (χ1) is 27.1. The molecule has 14 nitrogen and oxygen atoms in total. The van der Waals surface area contributed by atoms with Gasteiger partial charge in [0.05, 0.1) is 5.92 Å². The van der Waals surface area contributed by atoms with Gasteiger partial charge in [0.15, 0.2) is 6.10 Å². The van der Waals surface area contributed by atoms with Crippen molar-refractivity contribution in [2.24, 2.45) is 29.6 Å². The highest BCUT2D eigenvalue weighted by Crippen LogP contribution is 2.22. The van der Waals surface area contributed by atoms with E-state index < -0.39 is 113 Å². The van der Waals surface area contributed by atoms with Gasteiger partial charge in [-0.05, 0) is 55.9 Å². The topological polar surface area (TPSA) is 175 Å². The molecule has 0 aliphatic carbocycles. The minimum absolute atomic E-state index is 0.104. The molecule has 3 unspecified atom stereocenters. The van der Waals surface area contributed by atoms with Gasteiger partial charge in [-0.3, -0.25) is 33.6 Å². The predicted octanol–water partition coefficient (Wildman–Crippen LogP) is 3.17. The van der Waals surface area contributed by atoms with Crippen LogP contribution in [0, 0.1) is 41.9 Å². The van der Waals surface area contributed by atoms with E-state index in [9.17, 15) is 33.6 Å². The number of hydrogen-bond donors (Lipinski definition) is 3. The van der Waals surface area contributed by atoms with Crippen molar-refractivity contribution in [3.05, 3.63) is 35.9 Å². The van der Waals surface area contributed by atoms with Gasteiger partial charge in [0.25, 0.3) is 5.91 Å². The van der Waals surface area contributed by atoms with Crippen LogP contribution in [-0.2, 0) is 44.7 Å². The van der Waals surface area contributed by atoms with E-state index in [1.807, 2.05) is 30.3 Å². The Morgan fingerprint density at radius 3 is 1.71 bits per heavy atom. The maximum Gasteiger partial charge on any atom is 0.311 e. The molecule has 1 aliphatic heterocycles. The second-order valence-electron chi connectivity index (χ2n) is 17.0. The molecule has 1 aromatic rings. The van der Waals surface area contributed by atoms with Gasteiger partial charge in [-0.2, -0.15) is 0 Å². The summed E-state index contributed by atoms with van der Waals surface area (Å²) in [5.74, 6) is -4.23. The predicted molar refractivity (Wildman–Crippen MR) is 222 cm³/mol. The summed E-state index contributed by atoms with van der Waals surface area (Å²) >= 11 is 0.